The van der Waals surface area contributed by atoms with E-state index in [0.29, 0.717) is 0 Å². The monoisotopic (exact) mass is 1980 g/mol. The molecule has 0 bridgehead atoms. The van der Waals surface area contributed by atoms with Crippen LogP contribution in [0.3, 0.4) is 0 Å². The summed E-state index contributed by atoms with van der Waals surface area (Å²) < 4.78 is 2.25. The van der Waals surface area contributed by atoms with Gasteiger partial charge >= 0.3 is 0 Å². The zero-order chi connectivity index (χ0) is 117. The molecule has 0 atom stereocenters. The highest BCUT2D eigenvalue weighted by Gasteiger charge is 2.10. The summed E-state index contributed by atoms with van der Waals surface area (Å²) in [5.41, 5.74) is 30.1. The molecule has 0 saturated heterocycles. The number of aromatic amines is 6. The largest absolute Gasteiger partial charge is 0.365 e. The van der Waals surface area contributed by atoms with Crippen molar-refractivity contribution in [2.45, 2.75) is 457 Å². The van der Waals surface area contributed by atoms with Crippen molar-refractivity contribution in [2.24, 2.45) is 0 Å². The standard InChI is InChI=1S/3C12H13N.2C11H12N2.C11H11N.C9H9N3.27C2H6/c1-10-8-9-11(2)13(10)12-6-4-3-5-7-12;1-9-10(2)13-8-12(9)11-6-4-3-5-7-11;1-9-8-13-12(10(9)2)11-6-4-3-5-7-11;1-8-11(9(2)13-12-8)10-6-4-3-5-7-10;1-8-9(2)12-13-11(8)10-6-4-3-5-7-10;1-9-11(7-8-12-9)10-5-3-2-4-6-10;1-7-9(11-12-10-7)8-5-3-2-4-6-8;27*1-2/h3-9H,1-2H3;2*3-8,13H,1-2H3;2*3-7H,1-2H3,(H,12,13);2-8,12H,1H3;2-6H,1H3,(H,10,11,12);27*1-2H3. The number of hydrogen-bond acceptors (Lipinski definition) is 4. The van der Waals surface area contributed by atoms with Crippen molar-refractivity contribution >= 4 is 0 Å². The third kappa shape index (κ3) is 87.5. The summed E-state index contributed by atoms with van der Waals surface area (Å²) >= 11 is 0. The van der Waals surface area contributed by atoms with Gasteiger partial charge in [0.2, 0.25) is 0 Å². The average Bonchev–Trinajstić information content (AvgIpc) is 1.70. The molecule has 0 fully saturated rings. The smallest absolute Gasteiger partial charge is 0.115 e. The lowest BCUT2D eigenvalue weighted by Crippen LogP contribution is -1.97. The maximum absolute atomic E-state index is 4.26. The molecule has 0 aliphatic rings. The van der Waals surface area contributed by atoms with E-state index in [1.807, 2.05) is 499 Å². The number of para-hydroxylation sites is 1. The van der Waals surface area contributed by atoms with Crippen molar-refractivity contribution in [3.8, 4) is 72.8 Å². The van der Waals surface area contributed by atoms with Gasteiger partial charge in [0.1, 0.15) is 5.69 Å². The summed E-state index contributed by atoms with van der Waals surface area (Å²) in [4.78, 5) is 9.69. The highest BCUT2D eigenvalue weighted by molar-refractivity contribution is 5.70. The van der Waals surface area contributed by atoms with E-state index >= 15 is 0 Å². The van der Waals surface area contributed by atoms with Crippen LogP contribution in [0.2, 0.25) is 0 Å². The van der Waals surface area contributed by atoms with Gasteiger partial charge in [-0.3, -0.25) is 10.2 Å². The second kappa shape index (κ2) is 159. The molecule has 0 aliphatic heterocycles. The second-order valence-electron chi connectivity index (χ2n) is 21.8. The van der Waals surface area contributed by atoms with Crippen molar-refractivity contribution in [3.05, 3.63) is 317 Å². The first-order valence-corrected chi connectivity index (χ1v) is 57.1. The third-order valence-corrected chi connectivity index (χ3v) is 15.5. The first-order valence-electron chi connectivity index (χ1n) is 57.1. The molecule has 0 amide bonds. The molecule has 0 aliphatic carbocycles. The molecule has 143 heavy (non-hydrogen) atoms. The van der Waals surface area contributed by atoms with Crippen LogP contribution < -0.4 is 0 Å². The van der Waals surface area contributed by atoms with Gasteiger partial charge in [-0.05, 0) is 158 Å². The highest BCUT2D eigenvalue weighted by Crippen LogP contribution is 2.28. The van der Waals surface area contributed by atoms with Crippen LogP contribution in [0.5, 0.6) is 0 Å². The Hall–Kier alpha value is -10.8. The van der Waals surface area contributed by atoms with E-state index in [1.54, 1.807) is 0 Å². The number of hydrogen-bond donors (Lipinski definition) is 6. The summed E-state index contributed by atoms with van der Waals surface area (Å²) in [6.45, 7) is 133. The zero-order valence-corrected chi connectivity index (χ0v) is 107. The second-order valence-corrected chi connectivity index (χ2v) is 21.8. The normalized spacial score (nSPS) is 7.51. The van der Waals surface area contributed by atoms with Crippen LogP contribution in [-0.2, 0) is 0 Å². The number of aromatic nitrogens is 11. The molecule has 0 spiro atoms. The molecule has 11 heteroatoms. The minimum atomic E-state index is 0.926. The third-order valence-electron chi connectivity index (χ3n) is 15.5. The zero-order valence-electron chi connectivity index (χ0n) is 107. The Bertz CT molecular complexity index is 3910. The van der Waals surface area contributed by atoms with Gasteiger partial charge in [0.05, 0.1) is 17.1 Å². The van der Waals surface area contributed by atoms with Gasteiger partial charge < -0.3 is 19.5 Å². The average molecular weight is 1990 g/mol. The topological polar surface area (TPSA) is 151 Å². The molecular weight excluding hydrogens is 1740 g/mol. The van der Waals surface area contributed by atoms with Crippen molar-refractivity contribution in [2.75, 3.05) is 0 Å². The molecule has 0 radical (unpaired) electrons. The van der Waals surface area contributed by atoms with Gasteiger partial charge in [0.15, 0.2) is 0 Å². The Labute approximate surface area is 896 Å². The van der Waals surface area contributed by atoms with Crippen molar-refractivity contribution in [3.63, 3.8) is 0 Å². The lowest BCUT2D eigenvalue weighted by atomic mass is 10.0. The number of nitrogens with one attached hydrogen (secondary N) is 6. The van der Waals surface area contributed by atoms with E-state index in [4.69, 9.17) is 0 Å². The van der Waals surface area contributed by atoms with Gasteiger partial charge in [0, 0.05) is 92.0 Å². The lowest BCUT2D eigenvalue weighted by Gasteiger charge is -2.08. The quantitative estimate of drug-likeness (QED) is 0.0941. The Morgan fingerprint density at radius 2 is 0.483 bits per heavy atom. The summed E-state index contributed by atoms with van der Waals surface area (Å²) in [6, 6.07) is 78.6. The SMILES string of the molecule is CC.CC.CC.CC.CC.CC.CC.CC.CC.CC.CC.CC.CC.CC.CC.CC.CC.CC.CC.CC.CC.CC.CC.CC.CC.CC.CC.Cc1[nH]cc(-c2ccccc2)c1C.Cc1[nH]ccc1-c1ccccc1.Cc1[nH]nc(-c2ccccc2)c1C.Cc1c[nH]c(-c2ccccc2)c1C.Cc1ccc(C)n1-c1ccccc1.Cc1n[nH]c(C)c1-c1ccccc1.Cc1n[nH]nc1-c1ccccc1. The minimum Gasteiger partial charge on any atom is -0.365 e. The molecule has 14 rings (SSSR count). The van der Waals surface area contributed by atoms with Gasteiger partial charge in [-0.15, -0.1) is 0 Å². The van der Waals surface area contributed by atoms with Crippen LogP contribution >= 0.6 is 0 Å². The van der Waals surface area contributed by atoms with E-state index in [1.165, 1.54) is 101 Å². The van der Waals surface area contributed by atoms with Crippen LogP contribution in [0.15, 0.2) is 249 Å². The van der Waals surface area contributed by atoms with Gasteiger partial charge in [0.25, 0.3) is 0 Å². The molecule has 828 valence electrons. The molecule has 7 aromatic carbocycles. The molecule has 6 N–H and O–H groups in total. The molecule has 14 aromatic rings. The number of aryl methyl sites for hydroxylation is 9. The van der Waals surface area contributed by atoms with Gasteiger partial charge in [-0.1, -0.05) is 574 Å². The number of nitrogens with zero attached hydrogens (tertiary/aromatic N) is 5. The molecule has 7 aromatic heterocycles. The van der Waals surface area contributed by atoms with E-state index in [0.717, 1.165) is 39.7 Å². The van der Waals surface area contributed by atoms with Gasteiger partial charge in [-0.25, -0.2) is 0 Å². The van der Waals surface area contributed by atoms with E-state index in [2.05, 4.69) is 263 Å². The molecule has 0 saturated carbocycles. The van der Waals surface area contributed by atoms with E-state index in [-0.39, 0.29) is 0 Å². The lowest BCUT2D eigenvalue weighted by molar-refractivity contribution is 0.929. The van der Waals surface area contributed by atoms with Crippen LogP contribution in [0.1, 0.15) is 442 Å². The van der Waals surface area contributed by atoms with Crippen molar-refractivity contribution in [1.29, 1.82) is 0 Å². The van der Waals surface area contributed by atoms with Crippen molar-refractivity contribution in [1.82, 2.24) is 55.3 Å². The molecule has 11 nitrogen and oxygen atoms in total. The highest BCUT2D eigenvalue weighted by atomic mass is 15.3. The predicted molar refractivity (Wildman–Crippen MR) is 678 cm³/mol. The van der Waals surface area contributed by atoms with Crippen molar-refractivity contribution < 1.29 is 0 Å². The first kappa shape index (κ1) is 181. The summed E-state index contributed by atoms with van der Waals surface area (Å²) in [7, 11) is 0. The van der Waals surface area contributed by atoms with Crippen LogP contribution in [-0.4, -0.2) is 55.3 Å². The summed E-state index contributed by atoms with van der Waals surface area (Å²) in [5, 5.41) is 25.0. The minimum absolute atomic E-state index is 0.926. The number of rotatable bonds is 7. The van der Waals surface area contributed by atoms with Gasteiger partial charge in [-0.2, -0.15) is 25.6 Å². The summed E-state index contributed by atoms with van der Waals surface area (Å²) in [6.07, 6.45) is 6.09. The fraction of sp³-hybridized carbons (Fsp3) is 0.500. The number of H-pyrrole nitrogens is 6. The van der Waals surface area contributed by atoms with Crippen LogP contribution in [0.4, 0.5) is 0 Å². The maximum Gasteiger partial charge on any atom is 0.115 e. The fourth-order valence-electron chi connectivity index (χ4n) is 10.1. The maximum atomic E-state index is 4.26. The Morgan fingerprint density at radius 1 is 0.196 bits per heavy atom. The fourth-order valence-corrected chi connectivity index (χ4v) is 10.1. The first-order chi connectivity index (χ1) is 70.2. The van der Waals surface area contributed by atoms with E-state index < -0.39 is 0 Å². The Morgan fingerprint density at radius 3 is 0.734 bits per heavy atom. The molecule has 7 heterocycles. The predicted octanol–water partition coefficient (Wildman–Crippen LogP) is 47.6. The molecule has 0 unspecified atom stereocenters. The van der Waals surface area contributed by atoms with Crippen LogP contribution in [0, 0.1) is 83.1 Å². The number of benzene rings is 7. The van der Waals surface area contributed by atoms with Crippen LogP contribution in [0.25, 0.3) is 72.8 Å². The Balaban J connectivity index is -0.0000000634. The Kier molecular flexibility index (Phi) is 201. The van der Waals surface area contributed by atoms with E-state index in [9.17, 15) is 0 Å². The molecular formula is C132H245N11. The summed E-state index contributed by atoms with van der Waals surface area (Å²) in [5.74, 6) is 0.